The maximum absolute atomic E-state index is 12.4. The Hall–Kier alpha value is -2.04. The molecule has 5 nitrogen and oxygen atoms in total. The van der Waals surface area contributed by atoms with Crippen LogP contribution in [0.15, 0.2) is 24.3 Å². The number of nitrogens with zero attached hydrogens (tertiary/aromatic N) is 1. The van der Waals surface area contributed by atoms with E-state index in [0.717, 1.165) is 11.3 Å². The van der Waals surface area contributed by atoms with E-state index in [1.54, 1.807) is 20.8 Å². The van der Waals surface area contributed by atoms with Crippen molar-refractivity contribution in [1.29, 1.82) is 0 Å². The van der Waals surface area contributed by atoms with Gasteiger partial charge >= 0.3 is 12.0 Å². The summed E-state index contributed by atoms with van der Waals surface area (Å²) in [5, 5.41) is 11.9. The summed E-state index contributed by atoms with van der Waals surface area (Å²) in [5.41, 5.74) is 1.29. The summed E-state index contributed by atoms with van der Waals surface area (Å²) in [7, 11) is 0. The van der Waals surface area contributed by atoms with Gasteiger partial charge in [-0.05, 0) is 31.4 Å². The Labute approximate surface area is 126 Å². The Morgan fingerprint density at radius 2 is 1.76 bits per heavy atom. The fourth-order valence-corrected chi connectivity index (χ4v) is 2.02. The van der Waals surface area contributed by atoms with Crippen LogP contribution in [0.2, 0.25) is 0 Å². The van der Waals surface area contributed by atoms with Crippen molar-refractivity contribution in [1.82, 2.24) is 5.32 Å². The summed E-state index contributed by atoms with van der Waals surface area (Å²) in [4.78, 5) is 25.2. The average Bonchev–Trinajstić information content (AvgIpc) is 2.37. The van der Waals surface area contributed by atoms with Crippen molar-refractivity contribution in [3.05, 3.63) is 29.8 Å². The molecule has 0 aromatic heterocycles. The molecule has 2 amide bonds. The predicted molar refractivity (Wildman–Crippen MR) is 83.6 cm³/mol. The number of carbonyl (C=O) groups excluding carboxylic acids is 1. The number of hydrogen-bond acceptors (Lipinski definition) is 2. The second-order valence-electron chi connectivity index (χ2n) is 6.17. The van der Waals surface area contributed by atoms with E-state index in [9.17, 15) is 14.7 Å². The maximum atomic E-state index is 12.4. The maximum Gasteiger partial charge on any atom is 0.326 e. The largest absolute Gasteiger partial charge is 0.480 e. The molecule has 0 fully saturated rings. The fraction of sp³-hybridized carbons (Fsp3) is 0.500. The Kier molecular flexibility index (Phi) is 5.35. The van der Waals surface area contributed by atoms with Gasteiger partial charge in [-0.15, -0.1) is 0 Å². The van der Waals surface area contributed by atoms with Gasteiger partial charge in [0.1, 0.15) is 6.04 Å². The van der Waals surface area contributed by atoms with Gasteiger partial charge in [0.05, 0.1) is 0 Å². The van der Waals surface area contributed by atoms with E-state index in [1.807, 2.05) is 38.1 Å². The number of carboxylic acid groups (broad SMARTS) is 1. The van der Waals surface area contributed by atoms with Gasteiger partial charge in [0.15, 0.2) is 0 Å². The molecule has 0 bridgehead atoms. The smallest absolute Gasteiger partial charge is 0.326 e. The molecule has 0 aliphatic carbocycles. The van der Waals surface area contributed by atoms with E-state index in [-0.39, 0.29) is 0 Å². The van der Waals surface area contributed by atoms with Crippen LogP contribution in [0.25, 0.3) is 0 Å². The number of benzene rings is 1. The minimum absolute atomic E-state index is 0.399. The second-order valence-corrected chi connectivity index (χ2v) is 6.17. The van der Waals surface area contributed by atoms with Crippen LogP contribution in [0, 0.1) is 12.3 Å². The molecule has 0 spiro atoms. The summed E-state index contributed by atoms with van der Waals surface area (Å²) in [6.45, 7) is 9.65. The molecule has 116 valence electrons. The van der Waals surface area contributed by atoms with Gasteiger partial charge in [-0.25, -0.2) is 9.59 Å². The molecular formula is C16H24N2O3. The number of carboxylic acids is 1. The molecule has 0 unspecified atom stereocenters. The molecule has 5 heteroatoms. The van der Waals surface area contributed by atoms with Gasteiger partial charge < -0.3 is 10.4 Å². The minimum atomic E-state index is -1.03. The first-order valence-corrected chi connectivity index (χ1v) is 7.04. The number of hydrogen-bond donors (Lipinski definition) is 2. The molecule has 0 saturated carbocycles. The van der Waals surface area contributed by atoms with E-state index in [2.05, 4.69) is 5.32 Å². The van der Waals surface area contributed by atoms with E-state index >= 15 is 0 Å². The number of amides is 2. The molecule has 0 saturated heterocycles. The summed E-state index contributed by atoms with van der Waals surface area (Å²) >= 11 is 0. The first kappa shape index (κ1) is 17.0. The van der Waals surface area contributed by atoms with Crippen LogP contribution < -0.4 is 10.2 Å². The fourth-order valence-electron chi connectivity index (χ4n) is 2.02. The third-order valence-electron chi connectivity index (χ3n) is 3.29. The highest BCUT2D eigenvalue weighted by atomic mass is 16.4. The van der Waals surface area contributed by atoms with Crippen molar-refractivity contribution in [3.63, 3.8) is 0 Å². The topological polar surface area (TPSA) is 69.6 Å². The third kappa shape index (κ3) is 4.48. The number of aryl methyl sites for hydroxylation is 1. The van der Waals surface area contributed by atoms with Crippen molar-refractivity contribution in [2.75, 3.05) is 11.4 Å². The highest BCUT2D eigenvalue weighted by Gasteiger charge is 2.33. The van der Waals surface area contributed by atoms with Crippen LogP contribution >= 0.6 is 0 Å². The monoisotopic (exact) mass is 292 g/mol. The summed E-state index contributed by atoms with van der Waals surface area (Å²) in [5.74, 6) is -1.03. The lowest BCUT2D eigenvalue weighted by atomic mass is 9.87. The van der Waals surface area contributed by atoms with Gasteiger partial charge in [0.2, 0.25) is 0 Å². The Balaban J connectivity index is 2.93. The number of carbonyl (C=O) groups is 2. The molecule has 2 N–H and O–H groups in total. The predicted octanol–water partition coefficient (Wildman–Crippen LogP) is 3.03. The van der Waals surface area contributed by atoms with E-state index in [0.29, 0.717) is 6.54 Å². The SMILES string of the molecule is CCN(C(=O)N[C@H](C(=O)O)C(C)(C)C)c1ccc(C)cc1. The lowest BCUT2D eigenvalue weighted by molar-refractivity contribution is -0.141. The Bertz CT molecular complexity index is 503. The minimum Gasteiger partial charge on any atom is -0.480 e. The van der Waals surface area contributed by atoms with Crippen molar-refractivity contribution >= 4 is 17.7 Å². The van der Waals surface area contributed by atoms with Crippen molar-refractivity contribution in [2.45, 2.75) is 40.7 Å². The Morgan fingerprint density at radius 1 is 1.24 bits per heavy atom. The van der Waals surface area contributed by atoms with E-state index in [1.165, 1.54) is 4.90 Å². The molecule has 0 heterocycles. The molecule has 1 atom stereocenters. The number of anilines is 1. The molecule has 1 aromatic rings. The Morgan fingerprint density at radius 3 is 2.14 bits per heavy atom. The van der Waals surface area contributed by atoms with Crippen LogP contribution in [0.1, 0.15) is 33.3 Å². The zero-order valence-electron chi connectivity index (χ0n) is 13.3. The van der Waals surface area contributed by atoms with Crippen molar-refractivity contribution in [3.8, 4) is 0 Å². The van der Waals surface area contributed by atoms with Crippen LogP contribution in [0.5, 0.6) is 0 Å². The molecule has 1 aromatic carbocycles. The highest BCUT2D eigenvalue weighted by Crippen LogP contribution is 2.21. The van der Waals surface area contributed by atoms with Gasteiger partial charge in [-0.1, -0.05) is 38.5 Å². The summed E-state index contributed by atoms with van der Waals surface area (Å²) in [6.07, 6.45) is 0. The first-order chi connectivity index (χ1) is 9.66. The van der Waals surface area contributed by atoms with Crippen LogP contribution in [-0.2, 0) is 4.79 Å². The number of nitrogens with one attached hydrogen (secondary N) is 1. The summed E-state index contributed by atoms with van der Waals surface area (Å²) in [6, 6.07) is 6.21. The number of urea groups is 1. The van der Waals surface area contributed by atoms with Crippen LogP contribution in [0.4, 0.5) is 10.5 Å². The van der Waals surface area contributed by atoms with Gasteiger partial charge in [-0.3, -0.25) is 4.90 Å². The zero-order valence-corrected chi connectivity index (χ0v) is 13.3. The quantitative estimate of drug-likeness (QED) is 0.896. The molecule has 1 rings (SSSR count). The zero-order chi connectivity index (χ0) is 16.2. The van der Waals surface area contributed by atoms with Crippen molar-refractivity contribution < 1.29 is 14.7 Å². The van der Waals surface area contributed by atoms with E-state index in [4.69, 9.17) is 0 Å². The second kappa shape index (κ2) is 6.61. The number of rotatable bonds is 4. The number of aliphatic carboxylic acids is 1. The van der Waals surface area contributed by atoms with Gasteiger partial charge in [-0.2, -0.15) is 0 Å². The summed E-state index contributed by atoms with van der Waals surface area (Å²) < 4.78 is 0. The van der Waals surface area contributed by atoms with Crippen LogP contribution in [0.3, 0.4) is 0 Å². The van der Waals surface area contributed by atoms with Crippen molar-refractivity contribution in [2.24, 2.45) is 5.41 Å². The van der Waals surface area contributed by atoms with Gasteiger partial charge in [0, 0.05) is 12.2 Å². The van der Waals surface area contributed by atoms with E-state index < -0.39 is 23.5 Å². The highest BCUT2D eigenvalue weighted by molar-refractivity contribution is 5.94. The van der Waals surface area contributed by atoms with Gasteiger partial charge in [0.25, 0.3) is 0 Å². The first-order valence-electron chi connectivity index (χ1n) is 7.04. The van der Waals surface area contributed by atoms with Crippen LogP contribution in [-0.4, -0.2) is 29.7 Å². The third-order valence-corrected chi connectivity index (χ3v) is 3.29. The average molecular weight is 292 g/mol. The lowest BCUT2D eigenvalue weighted by Gasteiger charge is -2.30. The molecular weight excluding hydrogens is 268 g/mol. The molecule has 0 aliphatic heterocycles. The molecule has 0 radical (unpaired) electrons. The molecule has 21 heavy (non-hydrogen) atoms. The lowest BCUT2D eigenvalue weighted by Crippen LogP contribution is -2.53. The molecule has 0 aliphatic rings. The normalized spacial score (nSPS) is 12.6. The standard InChI is InChI=1S/C16H24N2O3/c1-6-18(12-9-7-11(2)8-10-12)15(21)17-13(14(19)20)16(3,4)5/h7-10,13H,6H2,1-5H3,(H,17,21)(H,19,20)/t13-/m1/s1.